The van der Waals surface area contributed by atoms with E-state index >= 15 is 0 Å². The molecule has 0 radical (unpaired) electrons. The molecule has 0 heterocycles. The van der Waals surface area contributed by atoms with E-state index in [1.807, 2.05) is 0 Å². The van der Waals surface area contributed by atoms with Crippen molar-refractivity contribution in [3.05, 3.63) is 35.4 Å². The maximum absolute atomic E-state index is 12.4. The molecule has 118 valence electrons. The summed E-state index contributed by atoms with van der Waals surface area (Å²) in [6.07, 6.45) is 1.06. The third kappa shape index (κ3) is 5.32. The number of benzene rings is 1. The highest BCUT2D eigenvalue weighted by Crippen LogP contribution is 2.29. The van der Waals surface area contributed by atoms with Crippen molar-refractivity contribution < 1.29 is 13.2 Å². The Bertz CT molecular complexity index is 420. The Labute approximate surface area is 123 Å². The van der Waals surface area contributed by atoms with Crippen LogP contribution in [0.3, 0.4) is 0 Å². The van der Waals surface area contributed by atoms with E-state index < -0.39 is 11.7 Å². The van der Waals surface area contributed by atoms with E-state index in [0.29, 0.717) is 12.0 Å². The molecule has 0 aromatic heterocycles. The predicted molar refractivity (Wildman–Crippen MR) is 78.0 cm³/mol. The van der Waals surface area contributed by atoms with Crippen LogP contribution in [0.15, 0.2) is 24.3 Å². The summed E-state index contributed by atoms with van der Waals surface area (Å²) in [5, 5.41) is 3.40. The van der Waals surface area contributed by atoms with Gasteiger partial charge in [-0.25, -0.2) is 0 Å². The molecule has 1 fully saturated rings. The highest BCUT2D eigenvalue weighted by molar-refractivity contribution is 5.24. The Balaban J connectivity index is 1.67. The Hall–Kier alpha value is -1.07. The normalized spacial score (nSPS) is 23.2. The van der Waals surface area contributed by atoms with Crippen LogP contribution in [-0.4, -0.2) is 19.1 Å². The molecule has 1 aliphatic rings. The molecular formula is C16H23F3N2. The van der Waals surface area contributed by atoms with E-state index in [-0.39, 0.29) is 0 Å². The van der Waals surface area contributed by atoms with E-state index in [4.69, 9.17) is 5.73 Å². The molecule has 1 aliphatic carbocycles. The van der Waals surface area contributed by atoms with Crippen molar-refractivity contribution in [1.82, 2.24) is 5.32 Å². The van der Waals surface area contributed by atoms with Crippen LogP contribution in [0.25, 0.3) is 0 Å². The van der Waals surface area contributed by atoms with Gasteiger partial charge >= 0.3 is 6.18 Å². The lowest BCUT2D eigenvalue weighted by atomic mass is 9.86. The van der Waals surface area contributed by atoms with Gasteiger partial charge < -0.3 is 11.1 Å². The van der Waals surface area contributed by atoms with E-state index in [1.54, 1.807) is 12.1 Å². The van der Waals surface area contributed by atoms with E-state index in [1.165, 1.54) is 12.8 Å². The van der Waals surface area contributed by atoms with Crippen LogP contribution in [0.1, 0.15) is 36.8 Å². The number of nitrogens with two attached hydrogens (primary N) is 1. The van der Waals surface area contributed by atoms with Crippen molar-refractivity contribution >= 4 is 0 Å². The molecule has 0 spiro atoms. The highest BCUT2D eigenvalue weighted by atomic mass is 19.4. The molecule has 0 atom stereocenters. The minimum atomic E-state index is -4.25. The predicted octanol–water partition coefficient (Wildman–Crippen LogP) is 3.36. The number of halogens is 3. The Morgan fingerprint density at radius 3 is 2.24 bits per heavy atom. The van der Waals surface area contributed by atoms with Gasteiger partial charge in [0.2, 0.25) is 0 Å². The largest absolute Gasteiger partial charge is 0.416 e. The Morgan fingerprint density at radius 2 is 1.67 bits per heavy atom. The van der Waals surface area contributed by atoms with E-state index in [0.717, 1.165) is 50.0 Å². The summed E-state index contributed by atoms with van der Waals surface area (Å²) in [6, 6.07) is 5.79. The number of hydrogen-bond acceptors (Lipinski definition) is 2. The van der Waals surface area contributed by atoms with Gasteiger partial charge in [0.05, 0.1) is 5.56 Å². The molecule has 21 heavy (non-hydrogen) atoms. The maximum Gasteiger partial charge on any atom is 0.416 e. The second-order valence-electron chi connectivity index (χ2n) is 5.93. The van der Waals surface area contributed by atoms with Crippen molar-refractivity contribution in [3.8, 4) is 0 Å². The van der Waals surface area contributed by atoms with Gasteiger partial charge in [-0.1, -0.05) is 12.1 Å². The smallest absolute Gasteiger partial charge is 0.328 e. The lowest BCUT2D eigenvalue weighted by Gasteiger charge is -2.26. The van der Waals surface area contributed by atoms with Gasteiger partial charge in [0, 0.05) is 6.04 Å². The van der Waals surface area contributed by atoms with Crippen LogP contribution >= 0.6 is 0 Å². The lowest BCUT2D eigenvalue weighted by molar-refractivity contribution is -0.137. The minimum Gasteiger partial charge on any atom is -0.328 e. The number of hydrogen-bond donors (Lipinski definition) is 2. The third-order valence-electron chi connectivity index (χ3n) is 4.20. The zero-order valence-corrected chi connectivity index (χ0v) is 12.1. The molecular weight excluding hydrogens is 277 g/mol. The first-order valence-electron chi connectivity index (χ1n) is 7.57. The summed E-state index contributed by atoms with van der Waals surface area (Å²) in [6.45, 7) is 1.78. The first kappa shape index (κ1) is 16.3. The van der Waals surface area contributed by atoms with Crippen LogP contribution in [0.4, 0.5) is 13.2 Å². The maximum atomic E-state index is 12.4. The number of alkyl halides is 3. The van der Waals surface area contributed by atoms with Gasteiger partial charge in [-0.2, -0.15) is 13.2 Å². The third-order valence-corrected chi connectivity index (χ3v) is 4.20. The molecule has 1 aromatic rings. The first-order chi connectivity index (χ1) is 9.95. The monoisotopic (exact) mass is 300 g/mol. The van der Waals surface area contributed by atoms with Gasteiger partial charge in [-0.05, 0) is 68.8 Å². The zero-order chi connectivity index (χ0) is 15.3. The molecule has 1 aromatic carbocycles. The fourth-order valence-electron chi connectivity index (χ4n) is 2.79. The zero-order valence-electron chi connectivity index (χ0n) is 12.1. The quantitative estimate of drug-likeness (QED) is 0.818. The Morgan fingerprint density at radius 1 is 1.05 bits per heavy atom. The number of nitrogens with one attached hydrogen (secondary N) is 1. The van der Waals surface area contributed by atoms with Crippen LogP contribution < -0.4 is 11.1 Å². The molecule has 0 amide bonds. The van der Waals surface area contributed by atoms with Crippen LogP contribution in [0.2, 0.25) is 0 Å². The molecule has 0 bridgehead atoms. The van der Waals surface area contributed by atoms with Gasteiger partial charge in [-0.15, -0.1) is 0 Å². The summed E-state index contributed by atoms with van der Waals surface area (Å²) in [7, 11) is 0. The molecule has 0 aliphatic heterocycles. The molecule has 0 saturated heterocycles. The fourth-order valence-corrected chi connectivity index (χ4v) is 2.79. The highest BCUT2D eigenvalue weighted by Gasteiger charge is 2.29. The van der Waals surface area contributed by atoms with E-state index in [2.05, 4.69) is 5.32 Å². The second kappa shape index (κ2) is 7.27. The van der Waals surface area contributed by atoms with Crippen molar-refractivity contribution in [2.24, 2.45) is 11.7 Å². The molecule has 3 N–H and O–H groups in total. The summed E-state index contributed by atoms with van der Waals surface area (Å²) in [4.78, 5) is 0. The fraction of sp³-hybridized carbons (Fsp3) is 0.625. The van der Waals surface area contributed by atoms with Crippen molar-refractivity contribution in [2.75, 3.05) is 13.1 Å². The van der Waals surface area contributed by atoms with E-state index in [9.17, 15) is 13.2 Å². The molecule has 0 unspecified atom stereocenters. The van der Waals surface area contributed by atoms with Crippen molar-refractivity contribution in [1.29, 1.82) is 0 Å². The van der Waals surface area contributed by atoms with Crippen LogP contribution in [-0.2, 0) is 12.6 Å². The average molecular weight is 300 g/mol. The summed E-state index contributed by atoms with van der Waals surface area (Å²) in [5.74, 6) is 0.692. The first-order valence-corrected chi connectivity index (χ1v) is 7.57. The summed E-state index contributed by atoms with van der Waals surface area (Å²) in [5.41, 5.74) is 6.22. The average Bonchev–Trinajstić information content (AvgIpc) is 2.45. The van der Waals surface area contributed by atoms with Crippen LogP contribution in [0.5, 0.6) is 0 Å². The molecule has 2 rings (SSSR count). The summed E-state index contributed by atoms with van der Waals surface area (Å²) < 4.78 is 37.3. The van der Waals surface area contributed by atoms with Gasteiger partial charge in [0.15, 0.2) is 0 Å². The van der Waals surface area contributed by atoms with Crippen molar-refractivity contribution in [3.63, 3.8) is 0 Å². The molecule has 2 nitrogen and oxygen atoms in total. The van der Waals surface area contributed by atoms with Gasteiger partial charge in [0.25, 0.3) is 0 Å². The summed E-state index contributed by atoms with van der Waals surface area (Å²) >= 11 is 0. The number of rotatable bonds is 5. The SMILES string of the molecule is NC1CCC(CNCCc2ccc(C(F)(F)F)cc2)CC1. The second-order valence-corrected chi connectivity index (χ2v) is 5.93. The molecule has 1 saturated carbocycles. The van der Waals surface area contributed by atoms with Gasteiger partial charge in [0.1, 0.15) is 0 Å². The van der Waals surface area contributed by atoms with Crippen molar-refractivity contribution in [2.45, 2.75) is 44.3 Å². The lowest BCUT2D eigenvalue weighted by Crippen LogP contribution is -2.32. The standard InChI is InChI=1S/C16H23F3N2/c17-16(18,19)14-5-1-12(2-6-14)9-10-21-11-13-3-7-15(20)8-4-13/h1-2,5-6,13,15,21H,3-4,7-11,20H2. The van der Waals surface area contributed by atoms with Crippen LogP contribution in [0, 0.1) is 5.92 Å². The minimum absolute atomic E-state index is 0.369. The Kier molecular flexibility index (Phi) is 5.65. The van der Waals surface area contributed by atoms with Gasteiger partial charge in [-0.3, -0.25) is 0 Å². The topological polar surface area (TPSA) is 38.0 Å². The molecule has 5 heteroatoms.